The van der Waals surface area contributed by atoms with Crippen molar-refractivity contribution in [2.75, 3.05) is 28.4 Å². The van der Waals surface area contributed by atoms with Crippen molar-refractivity contribution in [2.45, 2.75) is 89.7 Å². The smallest absolute Gasteiger partial charge is 0.184 e. The van der Waals surface area contributed by atoms with Gasteiger partial charge in [-0.1, -0.05) is 32.1 Å². The molecule has 29 heavy (non-hydrogen) atoms. The Labute approximate surface area is 177 Å². The zero-order valence-corrected chi connectivity index (χ0v) is 19.3. The highest BCUT2D eigenvalue weighted by atomic mass is 16.7. The van der Waals surface area contributed by atoms with Gasteiger partial charge >= 0.3 is 0 Å². The van der Waals surface area contributed by atoms with E-state index in [2.05, 4.69) is 13.8 Å². The summed E-state index contributed by atoms with van der Waals surface area (Å²) < 4.78 is 28.0. The van der Waals surface area contributed by atoms with Crippen LogP contribution in [0.5, 0.6) is 0 Å². The van der Waals surface area contributed by atoms with E-state index in [1.165, 1.54) is 0 Å². The van der Waals surface area contributed by atoms with Crippen LogP contribution in [0.15, 0.2) is 23.8 Å². The van der Waals surface area contributed by atoms with Gasteiger partial charge in [0.2, 0.25) is 0 Å². The maximum atomic E-state index is 10.3. The van der Waals surface area contributed by atoms with E-state index in [1.54, 1.807) is 28.4 Å². The number of hydrogen-bond donors (Lipinski definition) is 1. The van der Waals surface area contributed by atoms with E-state index >= 15 is 0 Å². The van der Waals surface area contributed by atoms with Gasteiger partial charge in [0.05, 0.1) is 18.3 Å². The van der Waals surface area contributed by atoms with Gasteiger partial charge in [0.25, 0.3) is 0 Å². The molecule has 0 aromatic heterocycles. The van der Waals surface area contributed by atoms with Crippen molar-refractivity contribution in [3.8, 4) is 0 Å². The molecule has 0 aliphatic carbocycles. The molecular formula is C23H42O6. The predicted molar refractivity (Wildman–Crippen MR) is 115 cm³/mol. The predicted octanol–water partition coefficient (Wildman–Crippen LogP) is 3.87. The molecule has 6 nitrogen and oxygen atoms in total. The summed E-state index contributed by atoms with van der Waals surface area (Å²) in [5.74, 6) is 0.449. The summed E-state index contributed by atoms with van der Waals surface area (Å²) in [6.07, 6.45) is 9.17. The number of methoxy groups -OCH3 is 4. The summed E-state index contributed by atoms with van der Waals surface area (Å²) >= 11 is 0. The number of aliphatic hydroxyl groups excluding tert-OH is 1. The summed E-state index contributed by atoms with van der Waals surface area (Å²) in [6, 6.07) is 0. The minimum Gasteiger partial charge on any atom is -0.393 e. The molecule has 0 radical (unpaired) electrons. The van der Waals surface area contributed by atoms with Crippen molar-refractivity contribution < 1.29 is 28.8 Å². The highest BCUT2D eigenvalue weighted by Crippen LogP contribution is 2.28. The van der Waals surface area contributed by atoms with Crippen LogP contribution < -0.4 is 0 Å². The molecule has 0 amide bonds. The second-order valence-electron chi connectivity index (χ2n) is 7.91. The van der Waals surface area contributed by atoms with Crippen LogP contribution >= 0.6 is 0 Å². The largest absolute Gasteiger partial charge is 0.393 e. The maximum absolute atomic E-state index is 10.3. The van der Waals surface area contributed by atoms with Gasteiger partial charge < -0.3 is 28.8 Å². The molecule has 0 saturated carbocycles. The van der Waals surface area contributed by atoms with Crippen LogP contribution in [0, 0.1) is 5.92 Å². The molecular weight excluding hydrogens is 372 g/mol. The van der Waals surface area contributed by atoms with Crippen LogP contribution in [-0.4, -0.2) is 70.4 Å². The van der Waals surface area contributed by atoms with E-state index in [4.69, 9.17) is 23.7 Å². The lowest BCUT2D eigenvalue weighted by atomic mass is 9.94. The third-order valence-electron chi connectivity index (χ3n) is 5.87. The molecule has 6 heteroatoms. The monoisotopic (exact) mass is 414 g/mol. The zero-order chi connectivity index (χ0) is 21.8. The summed E-state index contributed by atoms with van der Waals surface area (Å²) in [4.78, 5) is 0. The average Bonchev–Trinajstić information content (AvgIpc) is 2.74. The minimum atomic E-state index is -0.411. The molecule has 1 fully saturated rings. The number of ether oxygens (including phenoxy) is 5. The summed E-state index contributed by atoms with van der Waals surface area (Å²) in [6.45, 7) is 6.34. The molecule has 0 aromatic rings. The van der Waals surface area contributed by atoms with Crippen molar-refractivity contribution in [3.63, 3.8) is 0 Å². The Morgan fingerprint density at radius 2 is 1.79 bits per heavy atom. The lowest BCUT2D eigenvalue weighted by molar-refractivity contribution is -0.256. The standard InChI is InChI=1S/C23H42O6/c1-8-19(25-4)16(2)13-14-18(24)12-10-9-11-17(3)22-20(26-5)15-21(27-6)23(28-7)29-22/h9-11,16,18-24H,8,12-15H2,1-7H3/b10-9+,17-11+. The fourth-order valence-corrected chi connectivity index (χ4v) is 3.93. The molecule has 7 unspecified atom stereocenters. The Morgan fingerprint density at radius 3 is 2.34 bits per heavy atom. The van der Waals surface area contributed by atoms with E-state index < -0.39 is 6.29 Å². The Balaban J connectivity index is 2.53. The average molecular weight is 415 g/mol. The number of hydrogen-bond acceptors (Lipinski definition) is 6. The van der Waals surface area contributed by atoms with Crippen molar-refractivity contribution in [3.05, 3.63) is 23.8 Å². The lowest BCUT2D eigenvalue weighted by Gasteiger charge is -2.39. The first-order chi connectivity index (χ1) is 13.9. The van der Waals surface area contributed by atoms with Crippen molar-refractivity contribution in [1.82, 2.24) is 0 Å². The minimum absolute atomic E-state index is 0.0876. The fourth-order valence-electron chi connectivity index (χ4n) is 3.93. The van der Waals surface area contributed by atoms with Crippen molar-refractivity contribution in [2.24, 2.45) is 5.92 Å². The second-order valence-corrected chi connectivity index (χ2v) is 7.91. The molecule has 1 heterocycles. The van der Waals surface area contributed by atoms with Gasteiger partial charge in [-0.05, 0) is 44.1 Å². The summed E-state index contributed by atoms with van der Waals surface area (Å²) in [5.41, 5.74) is 1.05. The van der Waals surface area contributed by atoms with Crippen LogP contribution in [0.1, 0.15) is 52.9 Å². The molecule has 1 saturated heterocycles. The van der Waals surface area contributed by atoms with Gasteiger partial charge in [0, 0.05) is 34.9 Å². The molecule has 170 valence electrons. The van der Waals surface area contributed by atoms with E-state index in [1.807, 2.05) is 25.2 Å². The van der Waals surface area contributed by atoms with Gasteiger partial charge in [-0.25, -0.2) is 0 Å². The number of allylic oxidation sites excluding steroid dienone is 2. The van der Waals surface area contributed by atoms with E-state index in [0.29, 0.717) is 18.8 Å². The van der Waals surface area contributed by atoms with Crippen LogP contribution in [0.4, 0.5) is 0 Å². The zero-order valence-electron chi connectivity index (χ0n) is 19.3. The number of rotatable bonds is 13. The SMILES string of the molecule is CCC(OC)C(C)CCC(O)C/C=C/C=C(\C)C1OC(OC)C(OC)CC1OC. The molecule has 1 N–H and O–H groups in total. The van der Waals surface area contributed by atoms with Gasteiger partial charge in [-0.2, -0.15) is 0 Å². The van der Waals surface area contributed by atoms with Crippen LogP contribution in [0.25, 0.3) is 0 Å². The first-order valence-corrected chi connectivity index (χ1v) is 10.7. The van der Waals surface area contributed by atoms with Gasteiger partial charge in [0.15, 0.2) is 6.29 Å². The van der Waals surface area contributed by atoms with Crippen molar-refractivity contribution in [1.29, 1.82) is 0 Å². The molecule has 1 aliphatic heterocycles. The molecule has 0 spiro atoms. The third-order valence-corrected chi connectivity index (χ3v) is 5.87. The Hall–Kier alpha value is -0.760. The Kier molecular flexibility index (Phi) is 12.9. The quantitative estimate of drug-likeness (QED) is 0.462. The van der Waals surface area contributed by atoms with Gasteiger partial charge in [-0.15, -0.1) is 0 Å². The van der Waals surface area contributed by atoms with E-state index in [0.717, 1.165) is 24.8 Å². The molecule has 1 aliphatic rings. The van der Waals surface area contributed by atoms with Crippen LogP contribution in [0.2, 0.25) is 0 Å². The van der Waals surface area contributed by atoms with E-state index in [9.17, 15) is 5.11 Å². The Bertz CT molecular complexity index is 488. The Morgan fingerprint density at radius 1 is 1.10 bits per heavy atom. The highest BCUT2D eigenvalue weighted by Gasteiger charge is 2.39. The summed E-state index contributed by atoms with van der Waals surface area (Å²) in [5, 5.41) is 10.3. The second kappa shape index (κ2) is 14.3. The molecule has 7 atom stereocenters. The number of aliphatic hydroxyl groups is 1. The first-order valence-electron chi connectivity index (χ1n) is 10.7. The van der Waals surface area contributed by atoms with Crippen LogP contribution in [-0.2, 0) is 23.7 Å². The fraction of sp³-hybridized carbons (Fsp3) is 0.826. The summed E-state index contributed by atoms with van der Waals surface area (Å²) in [7, 11) is 6.72. The van der Waals surface area contributed by atoms with Crippen molar-refractivity contribution >= 4 is 0 Å². The molecule has 0 aromatic carbocycles. The van der Waals surface area contributed by atoms with Gasteiger partial charge in [-0.3, -0.25) is 0 Å². The first kappa shape index (κ1) is 26.3. The third kappa shape index (κ3) is 8.48. The van der Waals surface area contributed by atoms with Gasteiger partial charge in [0.1, 0.15) is 12.2 Å². The topological polar surface area (TPSA) is 66.4 Å². The molecule has 1 rings (SSSR count). The normalized spacial score (nSPS) is 29.2. The lowest BCUT2D eigenvalue weighted by Crippen LogP contribution is -2.49. The van der Waals surface area contributed by atoms with E-state index in [-0.39, 0.29) is 30.5 Å². The molecule has 0 bridgehead atoms. The van der Waals surface area contributed by atoms with Crippen LogP contribution in [0.3, 0.4) is 0 Å². The maximum Gasteiger partial charge on any atom is 0.184 e. The highest BCUT2D eigenvalue weighted by molar-refractivity contribution is 5.17.